The van der Waals surface area contributed by atoms with E-state index in [4.69, 9.17) is 4.74 Å². The lowest BCUT2D eigenvalue weighted by atomic mass is 10.1. The molecular weight excluding hydrogens is 340 g/mol. The molecule has 0 aliphatic rings. The SMILES string of the molecule is CCC(C(=O)NC)N(Cc1cccc(OC)c1)C(=O)Cc1cccc(C)c1. The van der Waals surface area contributed by atoms with Crippen LogP contribution >= 0.6 is 0 Å². The quantitative estimate of drug-likeness (QED) is 0.779. The average Bonchev–Trinajstić information content (AvgIpc) is 2.67. The van der Waals surface area contributed by atoms with Gasteiger partial charge in [0.25, 0.3) is 0 Å². The summed E-state index contributed by atoms with van der Waals surface area (Å²) in [4.78, 5) is 27.2. The molecule has 0 heterocycles. The number of aryl methyl sites for hydroxylation is 1. The standard InChI is InChI=1S/C22H28N2O3/c1-5-20(22(26)23-3)24(15-18-10-7-11-19(13-18)27-4)21(25)14-17-9-6-8-16(2)12-17/h6-13,20H,5,14-15H2,1-4H3,(H,23,26). The van der Waals surface area contributed by atoms with Gasteiger partial charge in [-0.2, -0.15) is 0 Å². The minimum absolute atomic E-state index is 0.0705. The van der Waals surface area contributed by atoms with Crippen molar-refractivity contribution in [1.82, 2.24) is 10.2 Å². The van der Waals surface area contributed by atoms with E-state index < -0.39 is 6.04 Å². The minimum atomic E-state index is -0.515. The van der Waals surface area contributed by atoms with E-state index in [-0.39, 0.29) is 18.2 Å². The number of nitrogens with zero attached hydrogens (tertiary/aromatic N) is 1. The van der Waals surface area contributed by atoms with Crippen LogP contribution in [0.4, 0.5) is 0 Å². The second-order valence-corrected chi connectivity index (χ2v) is 6.58. The van der Waals surface area contributed by atoms with E-state index in [1.54, 1.807) is 19.1 Å². The third kappa shape index (κ3) is 5.58. The van der Waals surface area contributed by atoms with Crippen LogP contribution in [-0.4, -0.2) is 36.9 Å². The lowest BCUT2D eigenvalue weighted by molar-refractivity contribution is -0.140. The van der Waals surface area contributed by atoms with Gasteiger partial charge >= 0.3 is 0 Å². The van der Waals surface area contributed by atoms with Gasteiger partial charge in [0.15, 0.2) is 0 Å². The second kappa shape index (κ2) is 9.76. The Morgan fingerprint density at radius 3 is 2.44 bits per heavy atom. The van der Waals surface area contributed by atoms with Gasteiger partial charge in [-0.25, -0.2) is 0 Å². The molecule has 0 radical (unpaired) electrons. The van der Waals surface area contributed by atoms with Gasteiger partial charge in [-0.3, -0.25) is 9.59 Å². The van der Waals surface area contributed by atoms with Crippen molar-refractivity contribution >= 4 is 11.8 Å². The Bertz CT molecular complexity index is 789. The molecule has 0 fully saturated rings. The van der Waals surface area contributed by atoms with Crippen LogP contribution in [0.3, 0.4) is 0 Å². The van der Waals surface area contributed by atoms with E-state index in [1.165, 1.54) is 0 Å². The Kier molecular flexibility index (Phi) is 7.41. The van der Waals surface area contributed by atoms with Crippen molar-refractivity contribution in [3.05, 3.63) is 65.2 Å². The Hall–Kier alpha value is -2.82. The Morgan fingerprint density at radius 1 is 1.11 bits per heavy atom. The highest BCUT2D eigenvalue weighted by atomic mass is 16.5. The minimum Gasteiger partial charge on any atom is -0.497 e. The molecule has 144 valence electrons. The van der Waals surface area contributed by atoms with E-state index in [9.17, 15) is 9.59 Å². The first kappa shape index (κ1) is 20.5. The van der Waals surface area contributed by atoms with Gasteiger partial charge in [0.1, 0.15) is 11.8 Å². The number of ether oxygens (including phenoxy) is 1. The number of amides is 2. The van der Waals surface area contributed by atoms with Crippen LogP contribution in [0.1, 0.15) is 30.0 Å². The number of hydrogen-bond donors (Lipinski definition) is 1. The van der Waals surface area contributed by atoms with Crippen LogP contribution in [-0.2, 0) is 22.6 Å². The second-order valence-electron chi connectivity index (χ2n) is 6.58. The summed E-state index contributed by atoms with van der Waals surface area (Å²) in [6.07, 6.45) is 0.808. The van der Waals surface area contributed by atoms with E-state index in [2.05, 4.69) is 5.32 Å². The first-order valence-corrected chi connectivity index (χ1v) is 9.18. The summed E-state index contributed by atoms with van der Waals surface area (Å²) in [6.45, 7) is 4.27. The Balaban J connectivity index is 2.29. The average molecular weight is 368 g/mol. The zero-order valence-electron chi connectivity index (χ0n) is 16.5. The first-order chi connectivity index (χ1) is 13.0. The number of hydrogen-bond acceptors (Lipinski definition) is 3. The molecular formula is C22H28N2O3. The lowest BCUT2D eigenvalue weighted by Crippen LogP contribution is -2.48. The van der Waals surface area contributed by atoms with Crippen LogP contribution < -0.4 is 10.1 Å². The first-order valence-electron chi connectivity index (χ1n) is 9.18. The monoisotopic (exact) mass is 368 g/mol. The van der Waals surface area contributed by atoms with E-state index >= 15 is 0 Å². The fourth-order valence-corrected chi connectivity index (χ4v) is 3.15. The molecule has 1 unspecified atom stereocenters. The molecule has 0 bridgehead atoms. The van der Waals surface area contributed by atoms with Crippen molar-refractivity contribution < 1.29 is 14.3 Å². The number of nitrogens with one attached hydrogen (secondary N) is 1. The fraction of sp³-hybridized carbons (Fsp3) is 0.364. The molecule has 0 spiro atoms. The largest absolute Gasteiger partial charge is 0.497 e. The summed E-state index contributed by atoms with van der Waals surface area (Å²) in [7, 11) is 3.21. The maximum Gasteiger partial charge on any atom is 0.242 e. The molecule has 1 N–H and O–H groups in total. The topological polar surface area (TPSA) is 58.6 Å². The van der Waals surface area contributed by atoms with Gasteiger partial charge in [-0.1, -0.05) is 48.9 Å². The highest BCUT2D eigenvalue weighted by Crippen LogP contribution is 2.18. The molecule has 0 saturated carbocycles. The van der Waals surface area contributed by atoms with Gasteiger partial charge in [0.05, 0.1) is 13.5 Å². The number of benzene rings is 2. The van der Waals surface area contributed by atoms with Crippen LogP contribution in [0.25, 0.3) is 0 Å². The number of likely N-dealkylation sites (N-methyl/N-ethyl adjacent to an activating group) is 1. The molecule has 1 atom stereocenters. The Labute approximate surface area is 161 Å². The van der Waals surface area contributed by atoms with E-state index in [1.807, 2.05) is 62.4 Å². The van der Waals surface area contributed by atoms with Crippen molar-refractivity contribution in [2.45, 2.75) is 39.3 Å². The molecule has 0 aliphatic carbocycles. The highest BCUT2D eigenvalue weighted by molar-refractivity contribution is 5.88. The third-order valence-corrected chi connectivity index (χ3v) is 4.56. The summed E-state index contributed by atoms with van der Waals surface area (Å²) in [5.41, 5.74) is 2.98. The molecule has 0 aliphatic heterocycles. The number of carbonyl (C=O) groups is 2. The van der Waals surface area contributed by atoms with Gasteiger partial charge in [0.2, 0.25) is 11.8 Å². The van der Waals surface area contributed by atoms with Gasteiger partial charge < -0.3 is 15.0 Å². The summed E-state index contributed by atoms with van der Waals surface area (Å²) >= 11 is 0. The molecule has 0 aromatic heterocycles. The van der Waals surface area contributed by atoms with Crippen molar-refractivity contribution in [3.63, 3.8) is 0 Å². The smallest absolute Gasteiger partial charge is 0.242 e. The summed E-state index contributed by atoms with van der Waals surface area (Å²) in [5.74, 6) is 0.503. The molecule has 0 saturated heterocycles. The van der Waals surface area contributed by atoms with E-state index in [0.29, 0.717) is 13.0 Å². The van der Waals surface area contributed by atoms with E-state index in [0.717, 1.165) is 22.4 Å². The molecule has 5 heteroatoms. The zero-order chi connectivity index (χ0) is 19.8. The van der Waals surface area contributed by atoms with Gasteiger partial charge in [-0.15, -0.1) is 0 Å². The number of carbonyl (C=O) groups excluding carboxylic acids is 2. The van der Waals surface area contributed by atoms with Gasteiger partial charge in [0, 0.05) is 13.6 Å². The summed E-state index contributed by atoms with van der Waals surface area (Å²) < 4.78 is 5.28. The summed E-state index contributed by atoms with van der Waals surface area (Å²) in [6, 6.07) is 14.9. The summed E-state index contributed by atoms with van der Waals surface area (Å²) in [5, 5.41) is 2.68. The van der Waals surface area contributed by atoms with Crippen molar-refractivity contribution in [2.24, 2.45) is 0 Å². The number of methoxy groups -OCH3 is 1. The molecule has 2 amide bonds. The third-order valence-electron chi connectivity index (χ3n) is 4.56. The van der Waals surface area contributed by atoms with Crippen molar-refractivity contribution in [1.29, 1.82) is 0 Å². The molecule has 2 aromatic carbocycles. The predicted octanol–water partition coefficient (Wildman–Crippen LogP) is 3.10. The van der Waals surface area contributed by atoms with Crippen molar-refractivity contribution in [2.75, 3.05) is 14.2 Å². The van der Waals surface area contributed by atoms with Crippen molar-refractivity contribution in [3.8, 4) is 5.75 Å². The molecule has 27 heavy (non-hydrogen) atoms. The van der Waals surface area contributed by atoms with Crippen LogP contribution in [0.2, 0.25) is 0 Å². The fourth-order valence-electron chi connectivity index (χ4n) is 3.15. The lowest BCUT2D eigenvalue weighted by Gasteiger charge is -2.30. The number of rotatable bonds is 8. The van der Waals surface area contributed by atoms with Crippen LogP contribution in [0.15, 0.2) is 48.5 Å². The van der Waals surface area contributed by atoms with Crippen LogP contribution in [0, 0.1) is 6.92 Å². The molecule has 2 aromatic rings. The zero-order valence-corrected chi connectivity index (χ0v) is 16.5. The molecule has 2 rings (SSSR count). The van der Waals surface area contributed by atoms with Crippen LogP contribution in [0.5, 0.6) is 5.75 Å². The normalized spacial score (nSPS) is 11.6. The predicted molar refractivity (Wildman–Crippen MR) is 107 cm³/mol. The Morgan fingerprint density at radius 2 is 1.81 bits per heavy atom. The maximum absolute atomic E-state index is 13.1. The maximum atomic E-state index is 13.1. The molecule has 5 nitrogen and oxygen atoms in total. The van der Waals surface area contributed by atoms with Gasteiger partial charge in [-0.05, 0) is 36.6 Å². The highest BCUT2D eigenvalue weighted by Gasteiger charge is 2.28.